The highest BCUT2D eigenvalue weighted by molar-refractivity contribution is 7.92. The minimum absolute atomic E-state index is 0.0592. The Hall–Kier alpha value is -2.10. The highest BCUT2D eigenvalue weighted by atomic mass is 32.2. The largest absolute Gasteiger partial charge is 0.501 e. The van der Waals surface area contributed by atoms with Crippen LogP contribution in [-0.4, -0.2) is 37.2 Å². The summed E-state index contributed by atoms with van der Waals surface area (Å²) in [6.07, 6.45) is 3.35. The van der Waals surface area contributed by atoms with Crippen LogP contribution < -0.4 is 4.90 Å². The number of rotatable bonds is 4. The Balaban J connectivity index is 1.51. The average molecular weight is 401 g/mol. The van der Waals surface area contributed by atoms with Crippen LogP contribution >= 0.6 is 0 Å². The van der Waals surface area contributed by atoms with Crippen molar-refractivity contribution in [3.8, 4) is 0 Å². The van der Waals surface area contributed by atoms with Gasteiger partial charge in [-0.25, -0.2) is 8.42 Å². The van der Waals surface area contributed by atoms with Gasteiger partial charge in [0.25, 0.3) is 9.84 Å². The number of sulfone groups is 1. The Bertz CT molecular complexity index is 930. The normalized spacial score (nSPS) is 19.4. The monoisotopic (exact) mass is 401 g/mol. The van der Waals surface area contributed by atoms with Gasteiger partial charge in [-0.3, -0.25) is 0 Å². The van der Waals surface area contributed by atoms with Crippen LogP contribution in [0.5, 0.6) is 0 Å². The topological polar surface area (TPSA) is 76.3 Å². The van der Waals surface area contributed by atoms with Crippen molar-refractivity contribution in [1.82, 2.24) is 10.1 Å². The van der Waals surface area contributed by atoms with E-state index in [4.69, 9.17) is 4.52 Å². The van der Waals surface area contributed by atoms with E-state index in [-0.39, 0.29) is 11.6 Å². The number of hydrogen-bond acceptors (Lipinski definition) is 6. The van der Waals surface area contributed by atoms with Crippen molar-refractivity contribution in [3.63, 3.8) is 0 Å². The maximum Gasteiger partial charge on any atom is 0.501 e. The fourth-order valence-corrected chi connectivity index (χ4v) is 4.34. The predicted octanol–water partition coefficient (Wildman–Crippen LogP) is 3.62. The van der Waals surface area contributed by atoms with Gasteiger partial charge in [0.2, 0.25) is 5.89 Å². The summed E-state index contributed by atoms with van der Waals surface area (Å²) in [6.45, 7) is 0.838. The minimum Gasteiger partial charge on any atom is -0.370 e. The summed E-state index contributed by atoms with van der Waals surface area (Å²) in [4.78, 5) is 5.42. The van der Waals surface area contributed by atoms with E-state index >= 15 is 0 Å². The molecule has 10 heteroatoms. The van der Waals surface area contributed by atoms with E-state index in [0.717, 1.165) is 18.9 Å². The summed E-state index contributed by atoms with van der Waals surface area (Å²) in [5.41, 5.74) is -5.24. The first kappa shape index (κ1) is 18.3. The number of anilines is 1. The highest BCUT2D eigenvalue weighted by Crippen LogP contribution is 2.41. The standard InChI is InChI=1S/C17H18F3N3O3S/c18-17(19,20)27(24,25)14-4-2-1-3-13(14)23-9-7-11(8-10-23)15-21-16(26-22-15)12-5-6-12/h1-4,11-12H,5-10H2. The molecule has 4 rings (SSSR count). The number of halogens is 3. The first-order valence-corrected chi connectivity index (χ1v) is 10.2. The van der Waals surface area contributed by atoms with Crippen LogP contribution in [0.15, 0.2) is 33.7 Å². The van der Waals surface area contributed by atoms with Crippen LogP contribution in [-0.2, 0) is 9.84 Å². The number of hydrogen-bond donors (Lipinski definition) is 0. The zero-order valence-electron chi connectivity index (χ0n) is 14.3. The molecule has 0 radical (unpaired) electrons. The molecule has 1 saturated carbocycles. The smallest absolute Gasteiger partial charge is 0.370 e. The first-order valence-electron chi connectivity index (χ1n) is 8.76. The molecule has 0 amide bonds. The second kappa shape index (κ2) is 6.50. The molecule has 0 bridgehead atoms. The Morgan fingerprint density at radius 3 is 2.33 bits per heavy atom. The van der Waals surface area contributed by atoms with E-state index in [9.17, 15) is 21.6 Å². The third-order valence-corrected chi connectivity index (χ3v) is 6.58. The number of nitrogens with zero attached hydrogens (tertiary/aromatic N) is 3. The summed E-state index contributed by atoms with van der Waals surface area (Å²) < 4.78 is 68.0. The molecule has 0 spiro atoms. The van der Waals surface area contributed by atoms with Gasteiger partial charge in [0.05, 0.1) is 10.6 Å². The van der Waals surface area contributed by atoms with Gasteiger partial charge in [-0.1, -0.05) is 17.3 Å². The van der Waals surface area contributed by atoms with E-state index in [2.05, 4.69) is 10.1 Å². The molecule has 2 fully saturated rings. The number of para-hydroxylation sites is 1. The summed E-state index contributed by atoms with van der Waals surface area (Å²) >= 11 is 0. The van der Waals surface area contributed by atoms with Crippen molar-refractivity contribution < 1.29 is 26.1 Å². The third-order valence-electron chi connectivity index (χ3n) is 5.04. The van der Waals surface area contributed by atoms with Crippen molar-refractivity contribution in [1.29, 1.82) is 0 Å². The van der Waals surface area contributed by atoms with Gasteiger partial charge >= 0.3 is 5.51 Å². The zero-order chi connectivity index (χ0) is 19.2. The van der Waals surface area contributed by atoms with Gasteiger partial charge in [0.15, 0.2) is 5.82 Å². The molecule has 2 aliphatic rings. The van der Waals surface area contributed by atoms with Crippen molar-refractivity contribution in [3.05, 3.63) is 36.0 Å². The second-order valence-corrected chi connectivity index (χ2v) is 8.85. The van der Waals surface area contributed by atoms with Crippen molar-refractivity contribution >= 4 is 15.5 Å². The van der Waals surface area contributed by atoms with Gasteiger partial charge in [0, 0.05) is 24.9 Å². The van der Waals surface area contributed by atoms with E-state index in [0.29, 0.717) is 43.6 Å². The van der Waals surface area contributed by atoms with Crippen LogP contribution in [0, 0.1) is 0 Å². The van der Waals surface area contributed by atoms with Crippen LogP contribution in [0.3, 0.4) is 0 Å². The first-order chi connectivity index (χ1) is 12.8. The van der Waals surface area contributed by atoms with E-state index < -0.39 is 20.2 Å². The highest BCUT2D eigenvalue weighted by Gasteiger charge is 2.48. The fourth-order valence-electron chi connectivity index (χ4n) is 3.36. The molecular weight excluding hydrogens is 383 g/mol. The summed E-state index contributed by atoms with van der Waals surface area (Å²) in [5, 5.41) is 4.04. The SMILES string of the molecule is O=S(=O)(c1ccccc1N1CCC(c2noc(C3CC3)n2)CC1)C(F)(F)F. The lowest BCUT2D eigenvalue weighted by molar-refractivity contribution is -0.0435. The zero-order valence-corrected chi connectivity index (χ0v) is 15.1. The molecule has 1 aliphatic carbocycles. The lowest BCUT2D eigenvalue weighted by Crippen LogP contribution is -2.35. The lowest BCUT2D eigenvalue weighted by atomic mass is 9.96. The molecule has 1 aliphatic heterocycles. The number of aromatic nitrogens is 2. The van der Waals surface area contributed by atoms with Crippen LogP contribution in [0.2, 0.25) is 0 Å². The molecule has 1 saturated heterocycles. The summed E-state index contributed by atoms with van der Waals surface area (Å²) in [7, 11) is -5.40. The average Bonchev–Trinajstić information content (AvgIpc) is 3.38. The predicted molar refractivity (Wildman–Crippen MR) is 90.1 cm³/mol. The van der Waals surface area contributed by atoms with Gasteiger partial charge in [-0.2, -0.15) is 18.2 Å². The van der Waals surface area contributed by atoms with Gasteiger partial charge in [-0.05, 0) is 37.8 Å². The molecular formula is C17H18F3N3O3S. The van der Waals surface area contributed by atoms with E-state index in [1.165, 1.54) is 18.2 Å². The van der Waals surface area contributed by atoms with Gasteiger partial charge in [0.1, 0.15) is 0 Å². The molecule has 1 aromatic carbocycles. The number of benzene rings is 1. The Kier molecular flexibility index (Phi) is 4.40. The maximum absolute atomic E-state index is 13.0. The minimum atomic E-state index is -5.40. The molecule has 6 nitrogen and oxygen atoms in total. The number of alkyl halides is 3. The van der Waals surface area contributed by atoms with E-state index in [1.54, 1.807) is 4.90 Å². The Morgan fingerprint density at radius 1 is 1.04 bits per heavy atom. The molecule has 27 heavy (non-hydrogen) atoms. The van der Waals surface area contributed by atoms with Crippen molar-refractivity contribution in [2.24, 2.45) is 0 Å². The Labute approximate surface area is 154 Å². The van der Waals surface area contributed by atoms with Gasteiger partial charge < -0.3 is 9.42 Å². The second-order valence-electron chi connectivity index (χ2n) is 6.94. The van der Waals surface area contributed by atoms with Crippen molar-refractivity contribution in [2.45, 2.75) is 47.9 Å². The number of piperidine rings is 1. The molecule has 1 aromatic heterocycles. The van der Waals surface area contributed by atoms with Crippen molar-refractivity contribution in [2.75, 3.05) is 18.0 Å². The van der Waals surface area contributed by atoms with Crippen LogP contribution in [0.25, 0.3) is 0 Å². The quantitative estimate of drug-likeness (QED) is 0.779. The molecule has 0 atom stereocenters. The van der Waals surface area contributed by atoms with E-state index in [1.807, 2.05) is 0 Å². The fraction of sp³-hybridized carbons (Fsp3) is 0.529. The molecule has 0 N–H and O–H groups in total. The van der Waals surface area contributed by atoms with Crippen LogP contribution in [0.4, 0.5) is 18.9 Å². The molecule has 0 unspecified atom stereocenters. The summed E-state index contributed by atoms with van der Waals surface area (Å²) in [5.74, 6) is 1.72. The molecule has 2 heterocycles. The summed E-state index contributed by atoms with van der Waals surface area (Å²) in [6, 6.07) is 5.26. The van der Waals surface area contributed by atoms with Gasteiger partial charge in [-0.15, -0.1) is 0 Å². The Morgan fingerprint density at radius 2 is 1.70 bits per heavy atom. The van der Waals surface area contributed by atoms with Crippen LogP contribution in [0.1, 0.15) is 49.2 Å². The molecule has 146 valence electrons. The lowest BCUT2D eigenvalue weighted by Gasteiger charge is -2.33. The third kappa shape index (κ3) is 3.42. The maximum atomic E-state index is 13.0. The molecule has 2 aromatic rings.